The SMILES string of the molecule is CCCCCCCCCCOP(OCCCCCCCCCC)Oc1ccc(C(C)(C)c2ccccc2)cc1. The third-order valence-electron chi connectivity index (χ3n) is 7.64. The molecule has 0 unspecified atom stereocenters. The summed E-state index contributed by atoms with van der Waals surface area (Å²) >= 11 is 0. The van der Waals surface area contributed by atoms with E-state index in [2.05, 4.69) is 82.3 Å². The predicted octanol–water partition coefficient (Wildman–Crippen LogP) is 11.9. The number of unbranched alkanes of at least 4 members (excludes halogenated alkanes) is 14. The molecule has 0 spiro atoms. The van der Waals surface area contributed by atoms with Gasteiger partial charge in [0.05, 0.1) is 13.2 Å². The molecule has 2 rings (SSSR count). The quantitative estimate of drug-likeness (QED) is 0.0950. The van der Waals surface area contributed by atoms with Gasteiger partial charge in [-0.3, -0.25) is 0 Å². The van der Waals surface area contributed by atoms with E-state index in [4.69, 9.17) is 13.6 Å². The summed E-state index contributed by atoms with van der Waals surface area (Å²) < 4.78 is 18.6. The zero-order valence-corrected chi connectivity index (χ0v) is 26.5. The summed E-state index contributed by atoms with van der Waals surface area (Å²) in [6.45, 7) is 10.5. The van der Waals surface area contributed by atoms with Crippen LogP contribution in [0.15, 0.2) is 54.6 Å². The zero-order valence-electron chi connectivity index (χ0n) is 25.6. The Balaban J connectivity index is 1.81. The molecule has 0 aliphatic heterocycles. The van der Waals surface area contributed by atoms with E-state index in [0.717, 1.165) is 18.6 Å². The van der Waals surface area contributed by atoms with Crippen molar-refractivity contribution in [2.75, 3.05) is 13.2 Å². The summed E-state index contributed by atoms with van der Waals surface area (Å²) in [5.74, 6) is 0.820. The molecule has 0 radical (unpaired) electrons. The minimum Gasteiger partial charge on any atom is -0.427 e. The van der Waals surface area contributed by atoms with Crippen LogP contribution in [-0.4, -0.2) is 13.2 Å². The van der Waals surface area contributed by atoms with Crippen molar-refractivity contribution in [3.8, 4) is 5.75 Å². The second-order valence-corrected chi connectivity index (χ2v) is 12.6. The summed E-state index contributed by atoms with van der Waals surface area (Å²) in [7, 11) is -1.38. The molecule has 0 heterocycles. The first-order valence-electron chi connectivity index (χ1n) is 16.0. The Kier molecular flexibility index (Phi) is 18.5. The van der Waals surface area contributed by atoms with Crippen LogP contribution in [0.2, 0.25) is 0 Å². The van der Waals surface area contributed by atoms with Crippen molar-refractivity contribution in [2.45, 2.75) is 136 Å². The minimum absolute atomic E-state index is 0.0649. The Morgan fingerprint density at radius 2 is 0.923 bits per heavy atom. The highest BCUT2D eigenvalue weighted by Gasteiger charge is 2.23. The average Bonchev–Trinajstić information content (AvgIpc) is 2.96. The maximum atomic E-state index is 6.25. The van der Waals surface area contributed by atoms with Gasteiger partial charge in [-0.05, 0) is 36.1 Å². The van der Waals surface area contributed by atoms with Crippen LogP contribution in [0.25, 0.3) is 0 Å². The van der Waals surface area contributed by atoms with Crippen LogP contribution in [0, 0.1) is 0 Å². The minimum atomic E-state index is -1.38. The van der Waals surface area contributed by atoms with Crippen LogP contribution in [0.4, 0.5) is 0 Å². The Morgan fingerprint density at radius 1 is 0.513 bits per heavy atom. The fraction of sp³-hybridized carbons (Fsp3) is 0.657. The molecule has 0 fully saturated rings. The number of benzene rings is 2. The van der Waals surface area contributed by atoms with E-state index >= 15 is 0 Å². The highest BCUT2D eigenvalue weighted by Crippen LogP contribution is 2.42. The molecule has 39 heavy (non-hydrogen) atoms. The van der Waals surface area contributed by atoms with Crippen molar-refractivity contribution >= 4 is 8.60 Å². The van der Waals surface area contributed by atoms with Gasteiger partial charge in [-0.15, -0.1) is 0 Å². The molecule has 0 amide bonds. The van der Waals surface area contributed by atoms with E-state index in [9.17, 15) is 0 Å². The smallest absolute Gasteiger partial charge is 0.397 e. The maximum Gasteiger partial charge on any atom is 0.397 e. The van der Waals surface area contributed by atoms with E-state index in [-0.39, 0.29) is 5.41 Å². The summed E-state index contributed by atoms with van der Waals surface area (Å²) in [6, 6.07) is 19.2. The van der Waals surface area contributed by atoms with Crippen LogP contribution >= 0.6 is 8.60 Å². The Morgan fingerprint density at radius 3 is 1.38 bits per heavy atom. The van der Waals surface area contributed by atoms with Gasteiger partial charge in [-0.1, -0.05) is 160 Å². The molecular weight excluding hydrogens is 499 g/mol. The number of rotatable bonds is 24. The molecule has 0 saturated heterocycles. The van der Waals surface area contributed by atoms with Crippen LogP contribution < -0.4 is 4.52 Å². The molecule has 0 aliphatic carbocycles. The second-order valence-electron chi connectivity index (χ2n) is 11.4. The molecule has 2 aromatic rings. The van der Waals surface area contributed by atoms with Gasteiger partial charge < -0.3 is 13.6 Å². The van der Waals surface area contributed by atoms with Gasteiger partial charge in [0.2, 0.25) is 0 Å². The van der Waals surface area contributed by atoms with Gasteiger partial charge in [-0.25, -0.2) is 0 Å². The molecule has 3 nitrogen and oxygen atoms in total. The van der Waals surface area contributed by atoms with E-state index in [1.165, 1.54) is 101 Å². The van der Waals surface area contributed by atoms with Gasteiger partial charge in [-0.2, -0.15) is 0 Å². The normalized spacial score (nSPS) is 11.8. The van der Waals surface area contributed by atoms with Crippen LogP contribution in [0.1, 0.15) is 142 Å². The molecule has 0 bridgehead atoms. The summed E-state index contributed by atoms with van der Waals surface area (Å²) in [4.78, 5) is 0. The lowest BCUT2D eigenvalue weighted by Crippen LogP contribution is -2.18. The van der Waals surface area contributed by atoms with Crippen molar-refractivity contribution < 1.29 is 13.6 Å². The topological polar surface area (TPSA) is 27.7 Å². The van der Waals surface area contributed by atoms with Crippen molar-refractivity contribution in [2.24, 2.45) is 0 Å². The highest BCUT2D eigenvalue weighted by molar-refractivity contribution is 7.42. The van der Waals surface area contributed by atoms with Crippen molar-refractivity contribution in [1.29, 1.82) is 0 Å². The van der Waals surface area contributed by atoms with Crippen molar-refractivity contribution in [3.63, 3.8) is 0 Å². The second kappa shape index (κ2) is 21.4. The standard InChI is InChI=1S/C35H57O3P/c1-5-7-9-11-13-15-17-22-30-36-39(37-31-23-18-16-14-12-10-8-6-2)38-34-28-26-33(27-29-34)35(3,4)32-24-20-19-21-25-32/h19-21,24-29H,5-18,22-23,30-31H2,1-4H3. The van der Waals surface area contributed by atoms with Gasteiger partial charge in [0.15, 0.2) is 0 Å². The lowest BCUT2D eigenvalue weighted by atomic mass is 9.78. The first kappa shape index (κ1) is 33.8. The largest absolute Gasteiger partial charge is 0.427 e. The molecule has 0 saturated carbocycles. The molecular formula is C35H57O3P. The lowest BCUT2D eigenvalue weighted by Gasteiger charge is -2.26. The monoisotopic (exact) mass is 556 g/mol. The third-order valence-corrected chi connectivity index (χ3v) is 8.79. The van der Waals surface area contributed by atoms with Crippen molar-refractivity contribution in [3.05, 3.63) is 65.7 Å². The first-order chi connectivity index (χ1) is 19.1. The predicted molar refractivity (Wildman–Crippen MR) is 170 cm³/mol. The summed E-state index contributed by atoms with van der Waals surface area (Å²) in [5, 5.41) is 0. The van der Waals surface area contributed by atoms with Crippen LogP contribution in [0.3, 0.4) is 0 Å². The summed E-state index contributed by atoms with van der Waals surface area (Å²) in [6.07, 6.45) is 20.7. The van der Waals surface area contributed by atoms with Crippen LogP contribution in [0.5, 0.6) is 5.75 Å². The van der Waals surface area contributed by atoms with Crippen LogP contribution in [-0.2, 0) is 14.5 Å². The molecule has 0 atom stereocenters. The molecule has 0 aliphatic rings. The average molecular weight is 557 g/mol. The van der Waals surface area contributed by atoms with Gasteiger partial charge in [0.25, 0.3) is 0 Å². The van der Waals surface area contributed by atoms with E-state index in [1.807, 2.05) is 0 Å². The number of hydrogen-bond acceptors (Lipinski definition) is 3. The first-order valence-corrected chi connectivity index (χ1v) is 17.1. The molecule has 220 valence electrons. The maximum absolute atomic E-state index is 6.25. The molecule has 0 N–H and O–H groups in total. The Labute approximate surface area is 242 Å². The van der Waals surface area contributed by atoms with E-state index in [1.54, 1.807) is 0 Å². The zero-order chi connectivity index (χ0) is 28.0. The fourth-order valence-corrected chi connectivity index (χ4v) is 5.91. The third kappa shape index (κ3) is 14.7. The van der Waals surface area contributed by atoms with E-state index in [0.29, 0.717) is 13.2 Å². The molecule has 4 heteroatoms. The van der Waals surface area contributed by atoms with Gasteiger partial charge in [0, 0.05) is 5.41 Å². The fourth-order valence-electron chi connectivity index (χ4n) is 4.88. The molecule has 0 aromatic heterocycles. The number of hydrogen-bond donors (Lipinski definition) is 0. The van der Waals surface area contributed by atoms with Crippen molar-refractivity contribution in [1.82, 2.24) is 0 Å². The summed E-state index contributed by atoms with van der Waals surface area (Å²) in [5.41, 5.74) is 2.51. The Bertz CT molecular complexity index is 800. The molecule has 2 aromatic carbocycles. The van der Waals surface area contributed by atoms with Gasteiger partial charge >= 0.3 is 8.60 Å². The highest BCUT2D eigenvalue weighted by atomic mass is 31.2. The van der Waals surface area contributed by atoms with Gasteiger partial charge in [0.1, 0.15) is 5.75 Å². The van der Waals surface area contributed by atoms with E-state index < -0.39 is 8.60 Å². The Hall–Kier alpha value is -1.41. The lowest BCUT2D eigenvalue weighted by molar-refractivity contribution is 0.198.